The molecule has 1 saturated heterocycles. The molecule has 0 radical (unpaired) electrons. The maximum Gasteiger partial charge on any atom is 0.253 e. The van der Waals surface area contributed by atoms with Gasteiger partial charge in [0.25, 0.3) is 35.4 Å². The Morgan fingerprint density at radius 3 is 1.41 bits per heavy atom. The molecule has 348 valence electrons. The Balaban J connectivity index is 0.000000490. The van der Waals surface area contributed by atoms with E-state index in [0.29, 0.717) is 109 Å². The maximum atomic E-state index is 12.3. The predicted octanol–water partition coefficient (Wildman–Crippen LogP) is 3.30. The molecule has 2 saturated carbocycles. The second kappa shape index (κ2) is 32.3. The summed E-state index contributed by atoms with van der Waals surface area (Å²) in [6, 6.07) is 0. The van der Waals surface area contributed by atoms with Gasteiger partial charge in [0.15, 0.2) is 0 Å². The van der Waals surface area contributed by atoms with E-state index in [2.05, 4.69) is 6.92 Å². The van der Waals surface area contributed by atoms with Crippen LogP contribution in [0.4, 0.5) is 0 Å². The van der Waals surface area contributed by atoms with Gasteiger partial charge in [0.05, 0.1) is 46.2 Å². The van der Waals surface area contributed by atoms with Gasteiger partial charge in [-0.1, -0.05) is 14.4 Å². The van der Waals surface area contributed by atoms with Gasteiger partial charge in [0.2, 0.25) is 0 Å². The number of imide groups is 3. The van der Waals surface area contributed by atoms with Crippen molar-refractivity contribution in [1.82, 2.24) is 14.9 Å². The number of ether oxygens (including phenoxy) is 4. The molecule has 61 heavy (non-hydrogen) atoms. The van der Waals surface area contributed by atoms with E-state index < -0.39 is 0 Å². The lowest BCUT2D eigenvalue weighted by Crippen LogP contribution is -2.37. The van der Waals surface area contributed by atoms with Gasteiger partial charge < -0.3 is 30.4 Å². The molecule has 3 aliphatic heterocycles. The van der Waals surface area contributed by atoms with Crippen LogP contribution in [0.5, 0.6) is 0 Å². The quantitative estimate of drug-likeness (QED) is 0.105. The SMILES string of the molecule is C.CCCOCCOCCN.Cl.NCCOCCOCCCC(=O)C1CCC(CN2C(=O)C=CC2=O)CC1.O=C1C=CC(=O)N1CC1CCC(CON2C(=O)CCC2=O)CC1. The molecule has 0 aromatic carbocycles. The number of hydrogen-bond acceptors (Lipinski definition) is 14. The molecule has 6 amide bonds. The fourth-order valence-corrected chi connectivity index (χ4v) is 7.37. The van der Waals surface area contributed by atoms with Crippen LogP contribution in [0, 0.1) is 23.7 Å². The molecular formula is C43H72ClN5O12. The number of ketones is 1. The number of amides is 6. The molecule has 3 fully saturated rings. The number of nitrogens with zero attached hydrogens (tertiary/aromatic N) is 3. The lowest BCUT2D eigenvalue weighted by atomic mass is 9.79. The fraction of sp³-hybridized carbons (Fsp3) is 0.744. The molecule has 0 aromatic rings. The molecule has 2 aliphatic carbocycles. The highest BCUT2D eigenvalue weighted by Crippen LogP contribution is 2.32. The molecule has 5 rings (SSSR count). The van der Waals surface area contributed by atoms with Crippen LogP contribution >= 0.6 is 12.4 Å². The first kappa shape index (κ1) is 55.6. The van der Waals surface area contributed by atoms with Crippen LogP contribution in [0.2, 0.25) is 0 Å². The van der Waals surface area contributed by atoms with Crippen molar-refractivity contribution in [3.63, 3.8) is 0 Å². The second-order valence-corrected chi connectivity index (χ2v) is 15.3. The van der Waals surface area contributed by atoms with Gasteiger partial charge >= 0.3 is 0 Å². The van der Waals surface area contributed by atoms with Crippen molar-refractivity contribution in [2.24, 2.45) is 35.1 Å². The van der Waals surface area contributed by atoms with Gasteiger partial charge in [-0.05, 0) is 82.0 Å². The Morgan fingerprint density at radius 1 is 0.590 bits per heavy atom. The number of carbonyl (C=O) groups is 7. The number of carbonyl (C=O) groups excluding carboxylic acids is 7. The Hall–Kier alpha value is -3.42. The number of hydroxylamine groups is 2. The number of halogens is 1. The zero-order valence-electron chi connectivity index (χ0n) is 35.3. The van der Waals surface area contributed by atoms with Crippen LogP contribution in [-0.4, -0.2) is 142 Å². The van der Waals surface area contributed by atoms with Crippen molar-refractivity contribution >= 4 is 53.6 Å². The van der Waals surface area contributed by atoms with Crippen LogP contribution in [0.25, 0.3) is 0 Å². The summed E-state index contributed by atoms with van der Waals surface area (Å²) in [5, 5.41) is 0.902. The molecule has 0 aromatic heterocycles. The lowest BCUT2D eigenvalue weighted by Gasteiger charge is -2.30. The summed E-state index contributed by atoms with van der Waals surface area (Å²) >= 11 is 0. The predicted molar refractivity (Wildman–Crippen MR) is 230 cm³/mol. The van der Waals surface area contributed by atoms with Crippen LogP contribution in [0.3, 0.4) is 0 Å². The third-order valence-corrected chi connectivity index (χ3v) is 10.7. The first-order valence-electron chi connectivity index (χ1n) is 21.4. The average molecular weight is 887 g/mol. The highest BCUT2D eigenvalue weighted by atomic mass is 35.5. The van der Waals surface area contributed by atoms with Gasteiger partial charge in [-0.3, -0.25) is 48.2 Å². The van der Waals surface area contributed by atoms with Gasteiger partial charge in [-0.2, -0.15) is 5.06 Å². The molecule has 17 nitrogen and oxygen atoms in total. The first-order valence-corrected chi connectivity index (χ1v) is 21.4. The molecule has 0 bridgehead atoms. The Kier molecular flexibility index (Phi) is 29.4. The standard InChI is InChI=1S/C19H30N2O5.C16H20N2O5.C7H17NO2.CH4.ClH/c20-9-11-26-13-12-25-10-1-2-17(22)16-5-3-15(4-6-16)14-21-18(23)7-8-19(21)24;19-13-5-6-14(20)17(13)9-11-1-3-12(4-2-11)10-23-18-15(21)7-8-16(18)22;1-2-4-9-6-7-10-5-3-8;;/h7-8,15-16H,1-6,9-14,20H2;5-6,11-12H,1-4,7-10H2;2-8H2,1H3;1H4;1H. The number of Topliss-reactive ketones (excluding diaryl/α,β-unsaturated/α-hetero) is 1. The zero-order valence-corrected chi connectivity index (χ0v) is 36.1. The third-order valence-electron chi connectivity index (χ3n) is 10.7. The smallest absolute Gasteiger partial charge is 0.253 e. The van der Waals surface area contributed by atoms with Crippen LogP contribution in [-0.2, 0) is 57.3 Å². The second-order valence-electron chi connectivity index (χ2n) is 15.3. The number of nitrogens with two attached hydrogens (primary N) is 2. The van der Waals surface area contributed by atoms with Crippen molar-refractivity contribution < 1.29 is 57.3 Å². The summed E-state index contributed by atoms with van der Waals surface area (Å²) in [4.78, 5) is 89.6. The van der Waals surface area contributed by atoms with Crippen molar-refractivity contribution in [2.45, 2.75) is 97.8 Å². The normalized spacial score (nSPS) is 22.2. The molecule has 4 N–H and O–H groups in total. The van der Waals surface area contributed by atoms with Crippen LogP contribution < -0.4 is 11.5 Å². The molecule has 0 atom stereocenters. The monoisotopic (exact) mass is 885 g/mol. The third kappa shape index (κ3) is 21.0. The Labute approximate surface area is 367 Å². The van der Waals surface area contributed by atoms with Crippen molar-refractivity contribution in [1.29, 1.82) is 0 Å². The minimum Gasteiger partial charge on any atom is -0.379 e. The molecule has 0 spiro atoms. The van der Waals surface area contributed by atoms with E-state index in [4.69, 9.17) is 35.3 Å². The molecular weight excluding hydrogens is 814 g/mol. The molecule has 3 heterocycles. The van der Waals surface area contributed by atoms with Gasteiger partial charge in [-0.15, -0.1) is 12.4 Å². The average Bonchev–Trinajstić information content (AvgIpc) is 3.86. The van der Waals surface area contributed by atoms with E-state index in [9.17, 15) is 33.6 Å². The van der Waals surface area contributed by atoms with E-state index in [1.807, 2.05) is 0 Å². The maximum absolute atomic E-state index is 12.3. The van der Waals surface area contributed by atoms with Gasteiger partial charge in [0, 0.05) is 88.9 Å². The number of rotatable bonds is 24. The summed E-state index contributed by atoms with van der Waals surface area (Å²) in [5.41, 5.74) is 10.5. The van der Waals surface area contributed by atoms with E-state index in [0.717, 1.165) is 75.9 Å². The Morgan fingerprint density at radius 2 is 0.984 bits per heavy atom. The minimum atomic E-state index is -0.262. The van der Waals surface area contributed by atoms with Crippen LogP contribution in [0.15, 0.2) is 24.3 Å². The van der Waals surface area contributed by atoms with Crippen molar-refractivity contribution in [3.05, 3.63) is 24.3 Å². The van der Waals surface area contributed by atoms with E-state index in [-0.39, 0.29) is 74.0 Å². The summed E-state index contributed by atoms with van der Waals surface area (Å²) in [7, 11) is 0. The first-order chi connectivity index (χ1) is 28.6. The molecule has 0 unspecified atom stereocenters. The fourth-order valence-electron chi connectivity index (χ4n) is 7.37. The zero-order chi connectivity index (χ0) is 42.8. The number of hydrogen-bond donors (Lipinski definition) is 2. The van der Waals surface area contributed by atoms with Crippen molar-refractivity contribution in [3.8, 4) is 0 Å². The summed E-state index contributed by atoms with van der Waals surface area (Å²) in [6.07, 6.45) is 15.2. The molecule has 5 aliphatic rings. The van der Waals surface area contributed by atoms with Gasteiger partial charge in [0.1, 0.15) is 5.78 Å². The largest absolute Gasteiger partial charge is 0.379 e. The molecule has 18 heteroatoms. The van der Waals surface area contributed by atoms with Crippen molar-refractivity contribution in [2.75, 3.05) is 85.6 Å². The highest BCUT2D eigenvalue weighted by Gasteiger charge is 2.34. The summed E-state index contributed by atoms with van der Waals surface area (Å²) in [5.74, 6) is -0.0807. The highest BCUT2D eigenvalue weighted by molar-refractivity contribution is 6.13. The van der Waals surface area contributed by atoms with E-state index in [1.165, 1.54) is 34.1 Å². The summed E-state index contributed by atoms with van der Waals surface area (Å²) < 4.78 is 20.9. The van der Waals surface area contributed by atoms with Gasteiger partial charge in [-0.25, -0.2) is 0 Å². The summed E-state index contributed by atoms with van der Waals surface area (Å²) in [6.45, 7) is 9.49. The van der Waals surface area contributed by atoms with E-state index >= 15 is 0 Å². The lowest BCUT2D eigenvalue weighted by molar-refractivity contribution is -0.191. The topological polar surface area (TPSA) is 227 Å². The Bertz CT molecular complexity index is 1360. The minimum absolute atomic E-state index is 0. The van der Waals surface area contributed by atoms with Crippen LogP contribution in [0.1, 0.15) is 97.8 Å². The van der Waals surface area contributed by atoms with E-state index in [1.54, 1.807) is 0 Å².